The molecule has 1 nitrogen and oxygen atoms in total. The Balaban J connectivity index is 3.84. The third-order valence-corrected chi connectivity index (χ3v) is 0.797. The first kappa shape index (κ1) is 8.02. The van der Waals surface area contributed by atoms with Gasteiger partial charge in [0.2, 0.25) is 0 Å². The van der Waals surface area contributed by atoms with Crippen LogP contribution in [0, 0.1) is 0 Å². The smallest absolute Gasteiger partial charge is 0.115 e. The van der Waals surface area contributed by atoms with Gasteiger partial charge in [0.15, 0.2) is 0 Å². The fourth-order valence-corrected chi connectivity index (χ4v) is 0.421. The van der Waals surface area contributed by atoms with Gasteiger partial charge in [0.05, 0.1) is 0 Å². The van der Waals surface area contributed by atoms with E-state index in [1.165, 1.54) is 0 Å². The maximum absolute atomic E-state index is 8.90. The van der Waals surface area contributed by atoms with Gasteiger partial charge >= 0.3 is 0 Å². The summed E-state index contributed by atoms with van der Waals surface area (Å²) >= 11 is 0. The van der Waals surface area contributed by atoms with Crippen molar-refractivity contribution in [3.63, 3.8) is 0 Å². The Morgan fingerprint density at radius 2 is 1.89 bits per heavy atom. The Kier molecular flexibility index (Phi) is 4.60. The minimum atomic E-state index is 0.288. The lowest BCUT2D eigenvalue weighted by Gasteiger charge is -1.83. The van der Waals surface area contributed by atoms with E-state index < -0.39 is 0 Å². The van der Waals surface area contributed by atoms with Crippen molar-refractivity contribution in [3.8, 4) is 0 Å². The van der Waals surface area contributed by atoms with Gasteiger partial charge in [-0.2, -0.15) is 0 Å². The quantitative estimate of drug-likeness (QED) is 0.443. The van der Waals surface area contributed by atoms with Crippen molar-refractivity contribution in [2.45, 2.75) is 13.8 Å². The molecule has 0 bridgehead atoms. The van der Waals surface area contributed by atoms with Crippen LogP contribution in [-0.2, 0) is 0 Å². The highest BCUT2D eigenvalue weighted by atomic mass is 16.3. The molecule has 0 aliphatic heterocycles. The van der Waals surface area contributed by atoms with Crippen LogP contribution < -0.4 is 0 Å². The van der Waals surface area contributed by atoms with Crippen LogP contribution in [0.4, 0.5) is 0 Å². The second-order valence-electron chi connectivity index (χ2n) is 1.62. The zero-order chi connectivity index (χ0) is 7.11. The summed E-state index contributed by atoms with van der Waals surface area (Å²) < 4.78 is 0. The van der Waals surface area contributed by atoms with Gasteiger partial charge in [0.25, 0.3) is 0 Å². The van der Waals surface area contributed by atoms with Crippen LogP contribution in [0.2, 0.25) is 0 Å². The molecule has 0 heterocycles. The molecule has 0 aromatic carbocycles. The molecule has 0 amide bonds. The van der Waals surface area contributed by atoms with Crippen molar-refractivity contribution in [1.29, 1.82) is 0 Å². The van der Waals surface area contributed by atoms with Crippen molar-refractivity contribution in [3.05, 3.63) is 36.1 Å². The van der Waals surface area contributed by atoms with E-state index in [1.54, 1.807) is 24.3 Å². The summed E-state index contributed by atoms with van der Waals surface area (Å²) in [5.41, 5.74) is 0. The predicted molar refractivity (Wildman–Crippen MR) is 40.3 cm³/mol. The third kappa shape index (κ3) is 4.88. The number of hydrogen-bond donors (Lipinski definition) is 1. The van der Waals surface area contributed by atoms with Crippen molar-refractivity contribution in [2.24, 2.45) is 0 Å². The minimum absolute atomic E-state index is 0.288. The SMILES string of the molecule is C\C=C/C(O)=C\C=C\C. The highest BCUT2D eigenvalue weighted by Crippen LogP contribution is 1.90. The van der Waals surface area contributed by atoms with Gasteiger partial charge in [0.1, 0.15) is 5.76 Å². The van der Waals surface area contributed by atoms with Gasteiger partial charge in [-0.3, -0.25) is 0 Å². The molecule has 1 N–H and O–H groups in total. The van der Waals surface area contributed by atoms with Crippen molar-refractivity contribution in [1.82, 2.24) is 0 Å². The molecule has 1 heteroatoms. The number of aliphatic hydroxyl groups excluding tert-OH is 1. The average molecular weight is 124 g/mol. The van der Waals surface area contributed by atoms with Gasteiger partial charge in [-0.15, -0.1) is 0 Å². The highest BCUT2D eigenvalue weighted by molar-refractivity contribution is 5.15. The van der Waals surface area contributed by atoms with Gasteiger partial charge in [-0.1, -0.05) is 18.2 Å². The van der Waals surface area contributed by atoms with Crippen LogP contribution in [0.3, 0.4) is 0 Å². The van der Waals surface area contributed by atoms with Crippen LogP contribution >= 0.6 is 0 Å². The molecule has 0 aromatic heterocycles. The molecule has 0 aliphatic carbocycles. The van der Waals surface area contributed by atoms with Crippen LogP contribution in [-0.4, -0.2) is 5.11 Å². The topological polar surface area (TPSA) is 20.2 Å². The van der Waals surface area contributed by atoms with Crippen LogP contribution in [0.15, 0.2) is 36.1 Å². The summed E-state index contributed by atoms with van der Waals surface area (Å²) in [6.45, 7) is 3.76. The summed E-state index contributed by atoms with van der Waals surface area (Å²) in [5, 5.41) is 8.90. The van der Waals surface area contributed by atoms with E-state index in [9.17, 15) is 0 Å². The van der Waals surface area contributed by atoms with Crippen LogP contribution in [0.1, 0.15) is 13.8 Å². The van der Waals surface area contributed by atoms with Crippen molar-refractivity contribution in [2.75, 3.05) is 0 Å². The number of rotatable bonds is 2. The molecular weight excluding hydrogens is 112 g/mol. The summed E-state index contributed by atoms with van der Waals surface area (Å²) in [6.07, 6.45) is 8.71. The molecule has 0 fully saturated rings. The Bertz CT molecular complexity index is 141. The largest absolute Gasteiger partial charge is 0.508 e. The van der Waals surface area contributed by atoms with Gasteiger partial charge < -0.3 is 5.11 Å². The van der Waals surface area contributed by atoms with E-state index in [0.717, 1.165) is 0 Å². The molecule has 0 aromatic rings. The lowest BCUT2D eigenvalue weighted by atomic mass is 10.4. The van der Waals surface area contributed by atoms with Gasteiger partial charge in [0, 0.05) is 0 Å². The molecule has 0 spiro atoms. The molecule has 0 saturated carbocycles. The predicted octanol–water partition coefficient (Wildman–Crippen LogP) is 2.58. The summed E-state index contributed by atoms with van der Waals surface area (Å²) in [6, 6.07) is 0. The lowest BCUT2D eigenvalue weighted by Crippen LogP contribution is -1.68. The lowest BCUT2D eigenvalue weighted by molar-refractivity contribution is 0.432. The van der Waals surface area contributed by atoms with E-state index >= 15 is 0 Å². The number of allylic oxidation sites excluding steroid dienone is 5. The molecule has 0 unspecified atom stereocenters. The highest BCUT2D eigenvalue weighted by Gasteiger charge is 1.75. The number of aliphatic hydroxyl groups is 1. The van der Waals surface area contributed by atoms with E-state index in [0.29, 0.717) is 0 Å². The molecule has 0 atom stereocenters. The van der Waals surface area contributed by atoms with E-state index in [2.05, 4.69) is 0 Å². The monoisotopic (exact) mass is 124 g/mol. The Labute approximate surface area is 56.0 Å². The van der Waals surface area contributed by atoms with Crippen LogP contribution in [0.25, 0.3) is 0 Å². The minimum Gasteiger partial charge on any atom is -0.508 e. The first-order chi connectivity index (χ1) is 4.31. The normalized spacial score (nSPS) is 13.8. The molecule has 9 heavy (non-hydrogen) atoms. The summed E-state index contributed by atoms with van der Waals surface area (Å²) in [4.78, 5) is 0. The zero-order valence-electron chi connectivity index (χ0n) is 5.83. The Morgan fingerprint density at radius 1 is 1.22 bits per heavy atom. The maximum atomic E-state index is 8.90. The molecule has 0 radical (unpaired) electrons. The van der Waals surface area contributed by atoms with Crippen molar-refractivity contribution >= 4 is 0 Å². The summed E-state index contributed by atoms with van der Waals surface area (Å²) in [5.74, 6) is 0.288. The molecule has 0 aliphatic rings. The second kappa shape index (κ2) is 5.16. The van der Waals surface area contributed by atoms with E-state index in [4.69, 9.17) is 5.11 Å². The Hall–Kier alpha value is -0.980. The summed E-state index contributed by atoms with van der Waals surface area (Å²) in [7, 11) is 0. The van der Waals surface area contributed by atoms with Crippen molar-refractivity contribution < 1.29 is 5.11 Å². The van der Waals surface area contributed by atoms with E-state index in [-0.39, 0.29) is 5.76 Å². The average Bonchev–Trinajstić information content (AvgIpc) is 1.85. The third-order valence-electron chi connectivity index (χ3n) is 0.797. The first-order valence-corrected chi connectivity index (χ1v) is 2.96. The fraction of sp³-hybridized carbons (Fsp3) is 0.250. The first-order valence-electron chi connectivity index (χ1n) is 2.96. The second-order valence-corrected chi connectivity index (χ2v) is 1.62. The molecule has 0 rings (SSSR count). The van der Waals surface area contributed by atoms with Gasteiger partial charge in [-0.25, -0.2) is 0 Å². The zero-order valence-corrected chi connectivity index (χ0v) is 5.83. The fourth-order valence-electron chi connectivity index (χ4n) is 0.421. The standard InChI is InChI=1S/C8H12O/c1-3-5-7-8(9)6-4-2/h3-7,9H,1-2H3/b5-3+,6-4-,8-7+. The number of hydrogen-bond acceptors (Lipinski definition) is 1. The maximum Gasteiger partial charge on any atom is 0.115 e. The van der Waals surface area contributed by atoms with Gasteiger partial charge in [-0.05, 0) is 26.0 Å². The molecular formula is C8H12O. The Morgan fingerprint density at radius 3 is 2.33 bits per heavy atom. The molecule has 50 valence electrons. The van der Waals surface area contributed by atoms with E-state index in [1.807, 2.05) is 19.9 Å². The van der Waals surface area contributed by atoms with Crippen LogP contribution in [0.5, 0.6) is 0 Å². The molecule has 0 saturated heterocycles.